The molecule has 0 unspecified atom stereocenters. The molecule has 3 heterocycles. The second-order valence-electron chi connectivity index (χ2n) is 16.3. The van der Waals surface area contributed by atoms with E-state index in [0.29, 0.717) is 50.8 Å². The lowest BCUT2D eigenvalue weighted by Crippen LogP contribution is -2.58. The van der Waals surface area contributed by atoms with Gasteiger partial charge >= 0.3 is 6.61 Å². The number of fused-ring (bicyclic) bond motifs is 1. The minimum Gasteiger partial charge on any atom is -0.494 e. The van der Waals surface area contributed by atoms with E-state index in [2.05, 4.69) is 31.9 Å². The summed E-state index contributed by atoms with van der Waals surface area (Å²) in [5, 5.41) is 8.96. The quantitative estimate of drug-likeness (QED) is 0.102. The van der Waals surface area contributed by atoms with Gasteiger partial charge in [-0.2, -0.15) is 8.78 Å². The molecule has 3 N–H and O–H groups in total. The maximum atomic E-state index is 14.9. The lowest BCUT2D eigenvalue weighted by atomic mass is 9.85. The average Bonchev–Trinajstić information content (AvgIpc) is 4.07. The van der Waals surface area contributed by atoms with Crippen LogP contribution in [0, 0.1) is 18.3 Å². The molecular weight excluding hydrogens is 913 g/mol. The Morgan fingerprint density at radius 2 is 1.82 bits per heavy atom. The SMILES string of the molecule is C=C[C@@H]1C[C@]1(NC(=O)[C@@H]1C[C@@H](Oc2ncc(OC)c3ccc(Cl)cc23)CN1C(=O)[C@@H](Nc1nc(-c2cc(C)ccc2OC(F)F)cs1)C(C)(C)C)C(=O)NS(=O)(=O)C1CC1.Cl.Cl. The summed E-state index contributed by atoms with van der Waals surface area (Å²) in [6.07, 6.45) is 3.15. The number of hydrogen-bond donors (Lipinski definition) is 3. The summed E-state index contributed by atoms with van der Waals surface area (Å²) in [6, 6.07) is 7.72. The Labute approximate surface area is 379 Å². The Bertz CT molecular complexity index is 2470. The van der Waals surface area contributed by atoms with E-state index in [1.165, 1.54) is 30.3 Å². The van der Waals surface area contributed by atoms with Gasteiger partial charge in [0.05, 0.1) is 30.8 Å². The van der Waals surface area contributed by atoms with Crippen LogP contribution < -0.4 is 29.6 Å². The van der Waals surface area contributed by atoms with Gasteiger partial charge in [0.1, 0.15) is 35.2 Å². The van der Waals surface area contributed by atoms with E-state index in [-0.39, 0.29) is 55.8 Å². The van der Waals surface area contributed by atoms with E-state index < -0.39 is 74.7 Å². The number of rotatable bonds is 15. The van der Waals surface area contributed by atoms with Gasteiger partial charge in [0.25, 0.3) is 5.91 Å². The topological polar surface area (TPSA) is 178 Å². The van der Waals surface area contributed by atoms with Crippen molar-refractivity contribution in [2.45, 2.75) is 89.0 Å². The number of methoxy groups -OCH3 is 1. The van der Waals surface area contributed by atoms with Gasteiger partial charge in [0.15, 0.2) is 5.13 Å². The lowest BCUT2D eigenvalue weighted by Gasteiger charge is -2.35. The van der Waals surface area contributed by atoms with Crippen molar-refractivity contribution >= 4 is 91.4 Å². The zero-order valence-corrected chi connectivity index (χ0v) is 38.3. The Hall–Kier alpha value is -4.49. The first kappa shape index (κ1) is 48.5. The van der Waals surface area contributed by atoms with Gasteiger partial charge in [0.2, 0.25) is 27.7 Å². The molecule has 14 nitrogen and oxygen atoms in total. The first-order valence-electron chi connectivity index (χ1n) is 19.2. The van der Waals surface area contributed by atoms with Crippen LogP contribution in [0.4, 0.5) is 13.9 Å². The normalized spacial score (nSPS) is 21.2. The molecule has 2 aliphatic carbocycles. The number of hydrogen-bond acceptors (Lipinski definition) is 12. The summed E-state index contributed by atoms with van der Waals surface area (Å²) in [5.74, 6) is -2.00. The number of pyridine rings is 1. The standard InChI is InChI=1S/C41H45ClF2N6O8S2.2ClH/c1-7-22-17-41(22,37(53)49-60(54,55)25-10-11-25)48-34(51)30-16-24(57-35-27-15-23(42)9-12-26(27)32(56-6)18-45-35)19-50(30)36(52)33(40(3,4)5)47-39-46-29(20-59-39)28-14-21(2)8-13-31(28)58-38(43)44;;/h7-9,12-15,18,20,22,24-25,30,33,38H,1,10-11,16-17,19H2,2-6H3,(H,46,47)(H,48,51)(H,49,53);2*1H/t22-,24-,30+,33-,41-;;/m1../s1. The van der Waals surface area contributed by atoms with Gasteiger partial charge in [-0.05, 0) is 61.9 Å². The molecule has 2 aromatic carbocycles. The number of halogens is 5. The summed E-state index contributed by atoms with van der Waals surface area (Å²) < 4.78 is 71.0. The van der Waals surface area contributed by atoms with Crippen LogP contribution in [-0.2, 0) is 24.4 Å². The molecule has 7 rings (SSSR count). The summed E-state index contributed by atoms with van der Waals surface area (Å²) in [7, 11) is -2.43. The van der Waals surface area contributed by atoms with E-state index >= 15 is 0 Å². The van der Waals surface area contributed by atoms with E-state index in [4.69, 9.17) is 25.8 Å². The molecule has 3 aliphatic rings. The minimum absolute atomic E-state index is 0. The Morgan fingerprint density at radius 1 is 1.10 bits per heavy atom. The Balaban J connectivity index is 0.00000363. The third kappa shape index (κ3) is 10.1. The monoisotopic (exact) mass is 958 g/mol. The molecule has 21 heteroatoms. The predicted octanol–water partition coefficient (Wildman–Crippen LogP) is 7.32. The van der Waals surface area contributed by atoms with Crippen LogP contribution >= 0.6 is 47.8 Å². The number of sulfonamides is 1. The van der Waals surface area contributed by atoms with Crippen molar-refractivity contribution in [1.29, 1.82) is 0 Å². The number of nitrogens with one attached hydrogen (secondary N) is 3. The highest BCUT2D eigenvalue weighted by molar-refractivity contribution is 7.91. The molecule has 2 aromatic heterocycles. The molecule has 4 aromatic rings. The van der Waals surface area contributed by atoms with Crippen LogP contribution in [0.5, 0.6) is 17.4 Å². The maximum absolute atomic E-state index is 14.9. The Morgan fingerprint density at radius 3 is 2.45 bits per heavy atom. The lowest BCUT2D eigenvalue weighted by molar-refractivity contribution is -0.141. The number of nitrogens with zero attached hydrogens (tertiary/aromatic N) is 3. The average molecular weight is 960 g/mol. The van der Waals surface area contributed by atoms with E-state index in [0.717, 1.165) is 16.9 Å². The second kappa shape index (κ2) is 18.7. The molecule has 3 amide bonds. The number of anilines is 1. The third-order valence-electron chi connectivity index (χ3n) is 10.9. The molecule has 0 bridgehead atoms. The maximum Gasteiger partial charge on any atom is 0.387 e. The molecule has 1 aliphatic heterocycles. The van der Waals surface area contributed by atoms with Crippen LogP contribution in [0.2, 0.25) is 5.02 Å². The van der Waals surface area contributed by atoms with Crippen molar-refractivity contribution in [3.63, 3.8) is 0 Å². The predicted molar refractivity (Wildman–Crippen MR) is 237 cm³/mol. The number of benzene rings is 2. The number of aryl methyl sites for hydroxylation is 1. The Kier molecular flexibility index (Phi) is 14.6. The zero-order valence-electron chi connectivity index (χ0n) is 34.3. The summed E-state index contributed by atoms with van der Waals surface area (Å²) in [6.45, 7) is 7.96. The van der Waals surface area contributed by atoms with Crippen molar-refractivity contribution in [1.82, 2.24) is 24.9 Å². The van der Waals surface area contributed by atoms with E-state index in [9.17, 15) is 31.6 Å². The number of carbonyl (C=O) groups excluding carboxylic acids is 3. The van der Waals surface area contributed by atoms with Crippen LogP contribution in [0.15, 0.2) is 60.6 Å². The van der Waals surface area contributed by atoms with Gasteiger partial charge < -0.3 is 29.7 Å². The highest BCUT2D eigenvalue weighted by Crippen LogP contribution is 2.46. The molecule has 5 atom stereocenters. The number of ether oxygens (including phenoxy) is 3. The molecule has 336 valence electrons. The van der Waals surface area contributed by atoms with Crippen LogP contribution in [-0.4, -0.2) is 90.2 Å². The van der Waals surface area contributed by atoms with Crippen LogP contribution in [0.25, 0.3) is 22.0 Å². The molecule has 1 saturated heterocycles. The van der Waals surface area contributed by atoms with Crippen LogP contribution in [0.3, 0.4) is 0 Å². The van der Waals surface area contributed by atoms with E-state index in [1.54, 1.807) is 35.7 Å². The summed E-state index contributed by atoms with van der Waals surface area (Å²) in [4.78, 5) is 53.5. The van der Waals surface area contributed by atoms with Gasteiger partial charge in [0, 0.05) is 39.1 Å². The molecule has 0 radical (unpaired) electrons. The number of aromatic nitrogens is 2. The number of thiazole rings is 1. The minimum atomic E-state index is -3.94. The molecule has 0 spiro atoms. The van der Waals surface area contributed by atoms with Gasteiger partial charge in [-0.3, -0.25) is 19.1 Å². The fraction of sp³-hybridized carbons (Fsp3) is 0.439. The largest absolute Gasteiger partial charge is 0.494 e. The van der Waals surface area contributed by atoms with Crippen molar-refractivity contribution < 1.29 is 45.8 Å². The highest BCUT2D eigenvalue weighted by Gasteiger charge is 2.62. The number of likely N-dealkylation sites (tertiary alicyclic amines) is 1. The molecule has 2 saturated carbocycles. The first-order chi connectivity index (χ1) is 28.3. The zero-order chi connectivity index (χ0) is 43.3. The van der Waals surface area contributed by atoms with Gasteiger partial charge in [-0.1, -0.05) is 50.1 Å². The number of alkyl halides is 2. The fourth-order valence-corrected chi connectivity index (χ4v) is 9.69. The molecule has 3 fully saturated rings. The fourth-order valence-electron chi connectivity index (χ4n) is 7.42. The smallest absolute Gasteiger partial charge is 0.387 e. The van der Waals surface area contributed by atoms with E-state index in [1.807, 2.05) is 27.7 Å². The summed E-state index contributed by atoms with van der Waals surface area (Å²) >= 11 is 7.53. The molecule has 62 heavy (non-hydrogen) atoms. The number of carbonyl (C=O) groups is 3. The van der Waals surface area contributed by atoms with Gasteiger partial charge in [-0.25, -0.2) is 18.4 Å². The van der Waals surface area contributed by atoms with Crippen LogP contribution in [0.1, 0.15) is 52.0 Å². The summed E-state index contributed by atoms with van der Waals surface area (Å²) in [5.41, 5.74) is -0.899. The first-order valence-corrected chi connectivity index (χ1v) is 22.0. The third-order valence-corrected chi connectivity index (χ3v) is 13.7. The molecular formula is C41H47Cl3F2N6O8S2. The second-order valence-corrected chi connectivity index (χ2v) is 19.6. The van der Waals surface area contributed by atoms with Crippen molar-refractivity contribution in [3.8, 4) is 28.6 Å². The van der Waals surface area contributed by atoms with Crippen molar-refractivity contribution in [2.75, 3.05) is 19.0 Å². The van der Waals surface area contributed by atoms with Crippen molar-refractivity contribution in [2.24, 2.45) is 11.3 Å². The van der Waals surface area contributed by atoms with Crippen molar-refractivity contribution in [3.05, 3.63) is 71.2 Å². The number of amides is 3. The highest BCUT2D eigenvalue weighted by atomic mass is 35.5. The van der Waals surface area contributed by atoms with Gasteiger partial charge in [-0.15, -0.1) is 42.7 Å².